The zero-order valence-corrected chi connectivity index (χ0v) is 12.4. The molecule has 1 atom stereocenters. The van der Waals surface area contributed by atoms with Crippen LogP contribution in [0.1, 0.15) is 24.8 Å². The molecule has 0 radical (unpaired) electrons. The lowest BCUT2D eigenvalue weighted by Crippen LogP contribution is -2.43. The number of nitrogens with zero attached hydrogens (tertiary/aromatic N) is 2. The summed E-state index contributed by atoms with van der Waals surface area (Å²) in [4.78, 5) is 27.9. The molecule has 1 aromatic rings. The summed E-state index contributed by atoms with van der Waals surface area (Å²) in [6, 6.07) is 3.00. The number of hydrogen-bond donors (Lipinski definition) is 1. The molecule has 0 aliphatic heterocycles. The fourth-order valence-electron chi connectivity index (χ4n) is 1.78. The Bertz CT molecular complexity index is 416. The molecular formula is C13H21N3O2S. The minimum absolute atomic E-state index is 0.0563. The van der Waals surface area contributed by atoms with Crippen LogP contribution in [0.5, 0.6) is 0 Å². The van der Waals surface area contributed by atoms with Gasteiger partial charge in [-0.15, -0.1) is 11.3 Å². The minimum atomic E-state index is -0.686. The summed E-state index contributed by atoms with van der Waals surface area (Å²) >= 11 is 1.44. The molecule has 1 unspecified atom stereocenters. The quantitative estimate of drug-likeness (QED) is 0.849. The second-order valence-electron chi connectivity index (χ2n) is 4.25. The molecule has 6 heteroatoms. The predicted molar refractivity (Wildman–Crippen MR) is 76.8 cm³/mol. The average molecular weight is 283 g/mol. The van der Waals surface area contributed by atoms with Crippen molar-refractivity contribution in [2.24, 2.45) is 5.73 Å². The zero-order chi connectivity index (χ0) is 14.4. The van der Waals surface area contributed by atoms with E-state index in [0.717, 1.165) is 4.88 Å². The number of carbonyl (C=O) groups excluding carboxylic acids is 2. The van der Waals surface area contributed by atoms with Crippen molar-refractivity contribution in [2.75, 3.05) is 26.7 Å². The van der Waals surface area contributed by atoms with Crippen molar-refractivity contribution in [3.05, 3.63) is 22.4 Å². The lowest BCUT2D eigenvalue weighted by molar-refractivity contribution is -0.139. The number of thiophene rings is 1. The second-order valence-corrected chi connectivity index (χ2v) is 5.23. The molecule has 1 heterocycles. The van der Waals surface area contributed by atoms with Gasteiger partial charge in [-0.3, -0.25) is 9.59 Å². The first-order chi connectivity index (χ1) is 9.01. The fraction of sp³-hybridized carbons (Fsp3) is 0.538. The Morgan fingerprint density at radius 2 is 2.00 bits per heavy atom. The SMILES string of the molecule is CCN(CC)C(=O)CN(C)C(=O)C(N)c1cccs1. The highest BCUT2D eigenvalue weighted by atomic mass is 32.1. The molecule has 2 N–H and O–H groups in total. The van der Waals surface area contributed by atoms with Crippen molar-refractivity contribution >= 4 is 23.2 Å². The van der Waals surface area contributed by atoms with E-state index in [1.54, 1.807) is 11.9 Å². The first-order valence-electron chi connectivity index (χ1n) is 6.32. The van der Waals surface area contributed by atoms with Gasteiger partial charge in [0, 0.05) is 25.0 Å². The summed E-state index contributed by atoms with van der Waals surface area (Å²) in [5, 5.41) is 1.88. The van der Waals surface area contributed by atoms with Crippen LogP contribution < -0.4 is 5.73 Å². The lowest BCUT2D eigenvalue weighted by atomic mass is 10.2. The molecule has 106 valence electrons. The molecule has 0 aliphatic rings. The van der Waals surface area contributed by atoms with E-state index in [2.05, 4.69) is 0 Å². The number of likely N-dealkylation sites (N-methyl/N-ethyl adjacent to an activating group) is 2. The highest BCUT2D eigenvalue weighted by molar-refractivity contribution is 7.10. The van der Waals surface area contributed by atoms with Gasteiger partial charge >= 0.3 is 0 Å². The van der Waals surface area contributed by atoms with Crippen molar-refractivity contribution in [1.29, 1.82) is 0 Å². The highest BCUT2D eigenvalue weighted by Gasteiger charge is 2.23. The summed E-state index contributed by atoms with van der Waals surface area (Å²) in [7, 11) is 1.61. The normalized spacial score (nSPS) is 12.0. The van der Waals surface area contributed by atoms with Crippen LogP contribution in [0, 0.1) is 0 Å². The molecular weight excluding hydrogens is 262 g/mol. The van der Waals surface area contributed by atoms with Gasteiger partial charge in [-0.05, 0) is 25.3 Å². The Morgan fingerprint density at radius 1 is 1.37 bits per heavy atom. The van der Waals surface area contributed by atoms with Crippen LogP contribution in [-0.4, -0.2) is 48.3 Å². The van der Waals surface area contributed by atoms with Gasteiger partial charge in [0.1, 0.15) is 6.04 Å². The first kappa shape index (κ1) is 15.7. The van der Waals surface area contributed by atoms with Crippen LogP contribution in [0.15, 0.2) is 17.5 Å². The standard InChI is InChI=1S/C13H21N3O2S/c1-4-16(5-2)11(17)9-15(3)13(18)12(14)10-7-6-8-19-10/h6-8,12H,4-5,9,14H2,1-3H3. The summed E-state index contributed by atoms with van der Waals surface area (Å²) in [6.45, 7) is 5.20. The Kier molecular flexibility index (Phi) is 5.98. The Balaban J connectivity index is 2.60. The third-order valence-electron chi connectivity index (χ3n) is 2.98. The third-order valence-corrected chi connectivity index (χ3v) is 3.94. The zero-order valence-electron chi connectivity index (χ0n) is 11.6. The van der Waals surface area contributed by atoms with Gasteiger partial charge in [0.2, 0.25) is 11.8 Å². The summed E-state index contributed by atoms with van der Waals surface area (Å²) in [5.41, 5.74) is 5.90. The van der Waals surface area contributed by atoms with Crippen LogP contribution in [0.4, 0.5) is 0 Å². The predicted octanol–water partition coefficient (Wildman–Crippen LogP) is 1.07. The van der Waals surface area contributed by atoms with E-state index >= 15 is 0 Å². The number of amides is 2. The first-order valence-corrected chi connectivity index (χ1v) is 7.20. The topological polar surface area (TPSA) is 66.6 Å². The maximum absolute atomic E-state index is 12.1. The number of carbonyl (C=O) groups is 2. The maximum Gasteiger partial charge on any atom is 0.245 e. The van der Waals surface area contributed by atoms with Crippen LogP contribution >= 0.6 is 11.3 Å². The minimum Gasteiger partial charge on any atom is -0.342 e. The van der Waals surface area contributed by atoms with Crippen molar-refractivity contribution in [3.8, 4) is 0 Å². The summed E-state index contributed by atoms with van der Waals surface area (Å²) in [5.74, 6) is -0.290. The molecule has 0 aromatic carbocycles. The monoisotopic (exact) mass is 283 g/mol. The van der Waals surface area contributed by atoms with Crippen LogP contribution in [0.25, 0.3) is 0 Å². The van der Waals surface area contributed by atoms with Crippen LogP contribution in [0.3, 0.4) is 0 Å². The van der Waals surface area contributed by atoms with Gasteiger partial charge in [0.05, 0.1) is 6.54 Å². The molecule has 0 bridgehead atoms. The number of nitrogens with two attached hydrogens (primary N) is 1. The van der Waals surface area contributed by atoms with Crippen molar-refractivity contribution in [2.45, 2.75) is 19.9 Å². The Hall–Kier alpha value is -1.40. The van der Waals surface area contributed by atoms with E-state index < -0.39 is 6.04 Å². The number of hydrogen-bond acceptors (Lipinski definition) is 4. The molecule has 1 rings (SSSR count). The molecule has 0 spiro atoms. The van der Waals surface area contributed by atoms with Crippen LogP contribution in [0.2, 0.25) is 0 Å². The molecule has 19 heavy (non-hydrogen) atoms. The fourth-order valence-corrected chi connectivity index (χ4v) is 2.50. The van der Waals surface area contributed by atoms with E-state index in [0.29, 0.717) is 13.1 Å². The molecule has 0 fully saturated rings. The Labute approximate surface area is 118 Å². The van der Waals surface area contributed by atoms with E-state index in [4.69, 9.17) is 5.73 Å². The molecule has 0 saturated heterocycles. The van der Waals surface area contributed by atoms with Gasteiger partial charge in [-0.1, -0.05) is 6.07 Å². The molecule has 0 saturated carbocycles. The molecule has 0 aliphatic carbocycles. The third kappa shape index (κ3) is 4.04. The molecule has 5 nitrogen and oxygen atoms in total. The van der Waals surface area contributed by atoms with Crippen molar-refractivity contribution in [3.63, 3.8) is 0 Å². The van der Waals surface area contributed by atoms with Gasteiger partial charge in [0.25, 0.3) is 0 Å². The maximum atomic E-state index is 12.1. The van der Waals surface area contributed by atoms with Crippen molar-refractivity contribution < 1.29 is 9.59 Å². The van der Waals surface area contributed by atoms with E-state index in [-0.39, 0.29) is 18.4 Å². The highest BCUT2D eigenvalue weighted by Crippen LogP contribution is 2.18. The summed E-state index contributed by atoms with van der Waals surface area (Å²) in [6.07, 6.45) is 0. The largest absolute Gasteiger partial charge is 0.342 e. The Morgan fingerprint density at radius 3 is 2.47 bits per heavy atom. The van der Waals surface area contributed by atoms with Gasteiger partial charge in [0.15, 0.2) is 0 Å². The smallest absolute Gasteiger partial charge is 0.245 e. The van der Waals surface area contributed by atoms with E-state index in [1.807, 2.05) is 31.4 Å². The molecule has 1 aromatic heterocycles. The molecule has 2 amide bonds. The van der Waals surface area contributed by atoms with E-state index in [1.165, 1.54) is 16.2 Å². The lowest BCUT2D eigenvalue weighted by Gasteiger charge is -2.24. The van der Waals surface area contributed by atoms with Gasteiger partial charge in [-0.2, -0.15) is 0 Å². The second kappa shape index (κ2) is 7.25. The summed E-state index contributed by atoms with van der Waals surface area (Å²) < 4.78 is 0. The van der Waals surface area contributed by atoms with Crippen LogP contribution in [-0.2, 0) is 9.59 Å². The van der Waals surface area contributed by atoms with Gasteiger partial charge < -0.3 is 15.5 Å². The average Bonchev–Trinajstić information content (AvgIpc) is 2.92. The van der Waals surface area contributed by atoms with Gasteiger partial charge in [-0.25, -0.2) is 0 Å². The van der Waals surface area contributed by atoms with Crippen molar-refractivity contribution in [1.82, 2.24) is 9.80 Å². The number of rotatable bonds is 6. The van der Waals surface area contributed by atoms with E-state index in [9.17, 15) is 9.59 Å².